The van der Waals surface area contributed by atoms with Crippen molar-refractivity contribution in [2.75, 3.05) is 11.1 Å². The van der Waals surface area contributed by atoms with Gasteiger partial charge in [-0.2, -0.15) is 0 Å². The van der Waals surface area contributed by atoms with E-state index in [0.717, 1.165) is 11.1 Å². The predicted molar refractivity (Wildman–Crippen MR) is 97.8 cm³/mol. The maximum Gasteiger partial charge on any atom is 0.168 e. The summed E-state index contributed by atoms with van der Waals surface area (Å²) in [5.41, 5.74) is 8.61. The van der Waals surface area contributed by atoms with Crippen molar-refractivity contribution in [3.8, 4) is 0 Å². The molecule has 0 aliphatic heterocycles. The Hall–Kier alpha value is -2.54. The van der Waals surface area contributed by atoms with Crippen LogP contribution >= 0.6 is 15.9 Å². The van der Waals surface area contributed by atoms with Crippen LogP contribution in [0, 0.1) is 18.6 Å². The number of halogens is 3. The molecule has 0 bridgehead atoms. The summed E-state index contributed by atoms with van der Waals surface area (Å²) in [6.07, 6.45) is 5.05. The summed E-state index contributed by atoms with van der Waals surface area (Å²) in [5, 5.41) is 3.03. The Kier molecular flexibility index (Phi) is 4.94. The van der Waals surface area contributed by atoms with Crippen molar-refractivity contribution in [2.45, 2.75) is 13.3 Å². The zero-order valence-electron chi connectivity index (χ0n) is 13.4. The number of pyridine rings is 2. The first kappa shape index (κ1) is 17.3. The van der Waals surface area contributed by atoms with E-state index in [2.05, 4.69) is 31.2 Å². The van der Waals surface area contributed by atoms with Gasteiger partial charge in [0.2, 0.25) is 0 Å². The molecule has 2 aromatic heterocycles. The minimum Gasteiger partial charge on any atom is -0.381 e. The third-order valence-electron chi connectivity index (χ3n) is 3.90. The lowest BCUT2D eigenvalue weighted by atomic mass is 10.0. The van der Waals surface area contributed by atoms with Crippen molar-refractivity contribution in [1.82, 2.24) is 9.97 Å². The second-order valence-electron chi connectivity index (χ2n) is 5.57. The zero-order chi connectivity index (χ0) is 18.0. The molecule has 4 nitrogen and oxygen atoms in total. The summed E-state index contributed by atoms with van der Waals surface area (Å²) in [6, 6.07) is 6.34. The summed E-state index contributed by atoms with van der Waals surface area (Å²) in [7, 11) is 0. The van der Waals surface area contributed by atoms with E-state index in [1.54, 1.807) is 30.6 Å². The molecule has 0 saturated heterocycles. The first-order chi connectivity index (χ1) is 12.0. The average molecular weight is 405 g/mol. The molecule has 0 aliphatic rings. The van der Waals surface area contributed by atoms with Gasteiger partial charge in [-0.1, -0.05) is 15.9 Å². The number of aromatic nitrogens is 2. The van der Waals surface area contributed by atoms with Gasteiger partial charge in [-0.25, -0.2) is 13.8 Å². The van der Waals surface area contributed by atoms with Crippen molar-refractivity contribution in [3.63, 3.8) is 0 Å². The van der Waals surface area contributed by atoms with Crippen LogP contribution in [0.15, 0.2) is 47.3 Å². The van der Waals surface area contributed by atoms with Gasteiger partial charge in [-0.3, -0.25) is 4.98 Å². The minimum atomic E-state index is -0.529. The Labute approximate surface area is 152 Å². The highest BCUT2D eigenvalue weighted by atomic mass is 79.9. The van der Waals surface area contributed by atoms with Crippen molar-refractivity contribution in [2.24, 2.45) is 0 Å². The number of nitrogens with zero attached hydrogens (tertiary/aromatic N) is 2. The molecular weight excluding hydrogens is 390 g/mol. The van der Waals surface area contributed by atoms with Gasteiger partial charge in [-0.05, 0) is 47.9 Å². The highest BCUT2D eigenvalue weighted by Gasteiger charge is 2.12. The van der Waals surface area contributed by atoms with Crippen molar-refractivity contribution in [3.05, 3.63) is 75.7 Å². The first-order valence-corrected chi connectivity index (χ1v) is 8.29. The maximum atomic E-state index is 14.1. The molecule has 0 atom stereocenters. The molecule has 0 fully saturated rings. The molecule has 7 heteroatoms. The highest BCUT2D eigenvalue weighted by molar-refractivity contribution is 9.10. The summed E-state index contributed by atoms with van der Waals surface area (Å²) >= 11 is 3.23. The van der Waals surface area contributed by atoms with E-state index >= 15 is 0 Å². The van der Waals surface area contributed by atoms with Gasteiger partial charge in [0, 0.05) is 23.3 Å². The Balaban J connectivity index is 1.91. The zero-order valence-corrected chi connectivity index (χ0v) is 14.9. The number of nitrogens with two attached hydrogens (primary N) is 1. The van der Waals surface area contributed by atoms with E-state index in [1.165, 1.54) is 12.3 Å². The van der Waals surface area contributed by atoms with Crippen molar-refractivity contribution in [1.29, 1.82) is 0 Å². The predicted octanol–water partition coefficient (Wildman–Crippen LogP) is 4.74. The fourth-order valence-corrected chi connectivity index (χ4v) is 2.79. The Morgan fingerprint density at radius 3 is 2.68 bits per heavy atom. The summed E-state index contributed by atoms with van der Waals surface area (Å²) in [4.78, 5) is 7.90. The third-order valence-corrected chi connectivity index (χ3v) is 4.39. The van der Waals surface area contributed by atoms with Gasteiger partial charge < -0.3 is 11.1 Å². The van der Waals surface area contributed by atoms with Crippen LogP contribution in [0.3, 0.4) is 0 Å². The quantitative estimate of drug-likeness (QED) is 0.658. The van der Waals surface area contributed by atoms with Gasteiger partial charge in [0.05, 0.1) is 17.6 Å². The number of anilines is 3. The van der Waals surface area contributed by atoms with E-state index in [9.17, 15) is 8.78 Å². The lowest BCUT2D eigenvalue weighted by Crippen LogP contribution is -2.04. The van der Waals surface area contributed by atoms with Gasteiger partial charge in [0.15, 0.2) is 11.6 Å². The maximum absolute atomic E-state index is 14.1. The van der Waals surface area contributed by atoms with Gasteiger partial charge in [-0.15, -0.1) is 0 Å². The van der Waals surface area contributed by atoms with Crippen LogP contribution in [0.1, 0.15) is 16.7 Å². The highest BCUT2D eigenvalue weighted by Crippen LogP contribution is 2.27. The van der Waals surface area contributed by atoms with E-state index in [4.69, 9.17) is 5.73 Å². The molecular formula is C18H15BrF2N4. The largest absolute Gasteiger partial charge is 0.381 e. The number of rotatable bonds is 4. The molecule has 25 heavy (non-hydrogen) atoms. The van der Waals surface area contributed by atoms with E-state index in [0.29, 0.717) is 27.8 Å². The molecule has 2 heterocycles. The van der Waals surface area contributed by atoms with Crippen LogP contribution < -0.4 is 11.1 Å². The standard InChI is InChI=1S/C18H15BrF2N4/c1-10-12(6-11-4-5-24-18(22)17(11)21)8-23-9-16(10)25-15-3-2-13(19)7-14(15)20/h2-5,7-9,25H,6H2,1H3,(H2,22,24). The third kappa shape index (κ3) is 3.76. The second kappa shape index (κ2) is 7.14. The molecule has 3 N–H and O–H groups in total. The summed E-state index contributed by atoms with van der Waals surface area (Å²) in [5.74, 6) is -1.04. The fourth-order valence-electron chi connectivity index (χ4n) is 2.45. The van der Waals surface area contributed by atoms with Crippen LogP contribution in [0.2, 0.25) is 0 Å². The van der Waals surface area contributed by atoms with Gasteiger partial charge in [0.25, 0.3) is 0 Å². The molecule has 3 aromatic rings. The molecule has 0 spiro atoms. The SMILES string of the molecule is Cc1c(Cc2ccnc(N)c2F)cncc1Nc1ccc(Br)cc1F. The number of nitrogen functional groups attached to an aromatic ring is 1. The van der Waals surface area contributed by atoms with E-state index < -0.39 is 5.82 Å². The minimum absolute atomic E-state index is 0.130. The van der Waals surface area contributed by atoms with E-state index in [1.807, 2.05) is 6.92 Å². The van der Waals surface area contributed by atoms with Crippen LogP contribution in [-0.4, -0.2) is 9.97 Å². The molecule has 128 valence electrons. The van der Waals surface area contributed by atoms with E-state index in [-0.39, 0.29) is 11.6 Å². The summed E-state index contributed by atoms with van der Waals surface area (Å²) in [6.45, 7) is 1.87. The summed E-state index contributed by atoms with van der Waals surface area (Å²) < 4.78 is 28.8. The number of nitrogens with one attached hydrogen (secondary N) is 1. The lowest BCUT2D eigenvalue weighted by molar-refractivity contribution is 0.613. The van der Waals surface area contributed by atoms with Crippen LogP contribution in [0.5, 0.6) is 0 Å². The first-order valence-electron chi connectivity index (χ1n) is 7.50. The smallest absolute Gasteiger partial charge is 0.168 e. The monoisotopic (exact) mass is 404 g/mol. The number of hydrogen-bond acceptors (Lipinski definition) is 4. The molecule has 1 aromatic carbocycles. The van der Waals surface area contributed by atoms with Crippen molar-refractivity contribution >= 4 is 33.1 Å². The molecule has 0 radical (unpaired) electrons. The lowest BCUT2D eigenvalue weighted by Gasteiger charge is -2.14. The average Bonchev–Trinajstić information content (AvgIpc) is 2.57. The van der Waals surface area contributed by atoms with Crippen LogP contribution in [0.25, 0.3) is 0 Å². The fraction of sp³-hybridized carbons (Fsp3) is 0.111. The van der Waals surface area contributed by atoms with Crippen LogP contribution in [-0.2, 0) is 6.42 Å². The molecule has 0 saturated carbocycles. The Morgan fingerprint density at radius 2 is 1.92 bits per heavy atom. The normalized spacial score (nSPS) is 10.7. The van der Waals surface area contributed by atoms with Gasteiger partial charge in [0.1, 0.15) is 5.82 Å². The number of benzene rings is 1. The van der Waals surface area contributed by atoms with Crippen LogP contribution in [0.4, 0.5) is 26.0 Å². The molecule has 0 aliphatic carbocycles. The Morgan fingerprint density at radius 1 is 1.12 bits per heavy atom. The second-order valence-corrected chi connectivity index (χ2v) is 6.48. The molecule has 0 unspecified atom stereocenters. The Bertz CT molecular complexity index is 931. The van der Waals surface area contributed by atoms with Crippen molar-refractivity contribution < 1.29 is 8.78 Å². The van der Waals surface area contributed by atoms with Gasteiger partial charge >= 0.3 is 0 Å². The molecule has 0 amide bonds. The topological polar surface area (TPSA) is 63.8 Å². The molecule has 3 rings (SSSR count). The number of hydrogen-bond donors (Lipinski definition) is 2.